The number of benzene rings is 3. The lowest BCUT2D eigenvalue weighted by atomic mass is 9.75. The van der Waals surface area contributed by atoms with E-state index >= 15 is 0 Å². The molecule has 0 aromatic heterocycles. The maximum absolute atomic E-state index is 13.2. The second kappa shape index (κ2) is 6.38. The second-order valence-corrected chi connectivity index (χ2v) is 6.94. The van der Waals surface area contributed by atoms with Crippen molar-refractivity contribution in [1.82, 2.24) is 0 Å². The van der Waals surface area contributed by atoms with Crippen LogP contribution in [0.1, 0.15) is 48.9 Å². The third-order valence-electron chi connectivity index (χ3n) is 5.40. The minimum absolute atomic E-state index is 0.0675. The van der Waals surface area contributed by atoms with Crippen molar-refractivity contribution in [2.24, 2.45) is 5.92 Å². The number of Topliss-reactive ketones (excluding diaryl/α,β-unsaturated/α-hetero) is 2. The maximum Gasteiger partial charge on any atom is 0.175 e. The summed E-state index contributed by atoms with van der Waals surface area (Å²) in [7, 11) is 0. The Balaban J connectivity index is 1.94. The number of fused-ring (bicyclic) bond motifs is 1. The summed E-state index contributed by atoms with van der Waals surface area (Å²) in [4.78, 5) is 26.4. The zero-order valence-corrected chi connectivity index (χ0v) is 14.9. The fourth-order valence-corrected chi connectivity index (χ4v) is 4.07. The molecule has 3 aromatic carbocycles. The SMILES string of the molecule is Cc1ccccc1C(c1ccccc1C)C1C(=O)c2ccccc2C1=O. The standard InChI is InChI=1S/C24H20O2/c1-15-9-3-5-11-17(15)21(18-12-6-4-10-16(18)2)22-23(25)19-13-7-8-14-20(19)24(22)26/h3-14,21-22H,1-2H3. The average Bonchev–Trinajstić information content (AvgIpc) is 2.90. The molecular weight excluding hydrogens is 320 g/mol. The molecule has 0 bridgehead atoms. The fourth-order valence-electron chi connectivity index (χ4n) is 4.07. The monoisotopic (exact) mass is 340 g/mol. The predicted octanol–water partition coefficient (Wildman–Crippen LogP) is 5.13. The normalized spacial score (nSPS) is 14.1. The number of carbonyl (C=O) groups excluding carboxylic acids is 2. The van der Waals surface area contributed by atoms with Crippen molar-refractivity contribution < 1.29 is 9.59 Å². The molecule has 128 valence electrons. The molecule has 2 heteroatoms. The van der Waals surface area contributed by atoms with E-state index in [1.54, 1.807) is 12.1 Å². The highest BCUT2D eigenvalue weighted by molar-refractivity contribution is 6.27. The lowest BCUT2D eigenvalue weighted by Crippen LogP contribution is -2.26. The smallest absolute Gasteiger partial charge is 0.175 e. The molecule has 2 nitrogen and oxygen atoms in total. The van der Waals surface area contributed by atoms with Crippen LogP contribution in [0.4, 0.5) is 0 Å². The maximum atomic E-state index is 13.2. The van der Waals surface area contributed by atoms with Crippen LogP contribution in [0.2, 0.25) is 0 Å². The van der Waals surface area contributed by atoms with Crippen LogP contribution in [0.15, 0.2) is 72.8 Å². The van der Waals surface area contributed by atoms with Gasteiger partial charge in [-0.15, -0.1) is 0 Å². The summed E-state index contributed by atoms with van der Waals surface area (Å²) in [6.07, 6.45) is 0. The van der Waals surface area contributed by atoms with E-state index in [0.717, 1.165) is 22.3 Å². The van der Waals surface area contributed by atoms with Gasteiger partial charge in [-0.1, -0.05) is 72.8 Å². The molecule has 0 unspecified atom stereocenters. The first kappa shape index (κ1) is 16.5. The summed E-state index contributed by atoms with van der Waals surface area (Å²) in [6, 6.07) is 23.3. The quantitative estimate of drug-likeness (QED) is 0.619. The van der Waals surface area contributed by atoms with Crippen LogP contribution in [0.3, 0.4) is 0 Å². The number of aryl methyl sites for hydroxylation is 2. The molecular formula is C24H20O2. The lowest BCUT2D eigenvalue weighted by molar-refractivity contribution is 0.0825. The van der Waals surface area contributed by atoms with Crippen molar-refractivity contribution >= 4 is 11.6 Å². The second-order valence-electron chi connectivity index (χ2n) is 6.94. The Bertz CT molecular complexity index is 935. The van der Waals surface area contributed by atoms with E-state index < -0.39 is 5.92 Å². The Morgan fingerprint density at radius 2 is 1.00 bits per heavy atom. The van der Waals surface area contributed by atoms with Crippen molar-refractivity contribution in [3.05, 3.63) is 106 Å². The van der Waals surface area contributed by atoms with Crippen LogP contribution in [0.5, 0.6) is 0 Å². The molecule has 0 aliphatic heterocycles. The summed E-state index contributed by atoms with van der Waals surface area (Å²) in [6.45, 7) is 4.08. The molecule has 0 N–H and O–H groups in total. The molecule has 26 heavy (non-hydrogen) atoms. The Labute approximate surface area is 153 Å². The zero-order valence-electron chi connectivity index (χ0n) is 14.9. The number of hydrogen-bond acceptors (Lipinski definition) is 2. The molecule has 0 atom stereocenters. The van der Waals surface area contributed by atoms with E-state index in [-0.39, 0.29) is 17.5 Å². The molecule has 0 saturated heterocycles. The Kier molecular flexibility index (Phi) is 4.04. The largest absolute Gasteiger partial charge is 0.293 e. The van der Waals surface area contributed by atoms with Gasteiger partial charge in [-0.2, -0.15) is 0 Å². The van der Waals surface area contributed by atoms with Crippen LogP contribution in [0, 0.1) is 19.8 Å². The highest BCUT2D eigenvalue weighted by atomic mass is 16.2. The van der Waals surface area contributed by atoms with Gasteiger partial charge in [-0.05, 0) is 36.1 Å². The highest BCUT2D eigenvalue weighted by Crippen LogP contribution is 2.42. The number of carbonyl (C=O) groups is 2. The average molecular weight is 340 g/mol. The van der Waals surface area contributed by atoms with E-state index in [1.807, 2.05) is 74.5 Å². The molecule has 3 aromatic rings. The molecule has 0 heterocycles. The summed E-state index contributed by atoms with van der Waals surface area (Å²) in [5.74, 6) is -1.11. The van der Waals surface area contributed by atoms with Gasteiger partial charge in [0.2, 0.25) is 0 Å². The van der Waals surface area contributed by atoms with Gasteiger partial charge < -0.3 is 0 Å². The predicted molar refractivity (Wildman–Crippen MR) is 103 cm³/mol. The topological polar surface area (TPSA) is 34.1 Å². The van der Waals surface area contributed by atoms with Crippen molar-refractivity contribution in [1.29, 1.82) is 0 Å². The Hall–Kier alpha value is -3.00. The van der Waals surface area contributed by atoms with Gasteiger partial charge in [0.1, 0.15) is 0 Å². The highest BCUT2D eigenvalue weighted by Gasteiger charge is 2.44. The summed E-state index contributed by atoms with van der Waals surface area (Å²) >= 11 is 0. The Morgan fingerprint density at radius 3 is 1.42 bits per heavy atom. The van der Waals surface area contributed by atoms with Crippen LogP contribution in [0.25, 0.3) is 0 Å². The molecule has 1 aliphatic rings. The summed E-state index contributed by atoms with van der Waals surface area (Å²) in [5, 5.41) is 0. The van der Waals surface area contributed by atoms with Crippen molar-refractivity contribution in [3.8, 4) is 0 Å². The van der Waals surface area contributed by atoms with Gasteiger partial charge in [-0.25, -0.2) is 0 Å². The van der Waals surface area contributed by atoms with E-state index in [9.17, 15) is 9.59 Å². The lowest BCUT2D eigenvalue weighted by Gasteiger charge is -2.25. The van der Waals surface area contributed by atoms with Crippen molar-refractivity contribution in [3.63, 3.8) is 0 Å². The van der Waals surface area contributed by atoms with E-state index in [2.05, 4.69) is 0 Å². The van der Waals surface area contributed by atoms with Gasteiger partial charge in [-0.3, -0.25) is 9.59 Å². The van der Waals surface area contributed by atoms with Crippen LogP contribution in [-0.2, 0) is 0 Å². The van der Waals surface area contributed by atoms with Crippen LogP contribution < -0.4 is 0 Å². The first-order chi connectivity index (χ1) is 12.6. The van der Waals surface area contributed by atoms with Crippen molar-refractivity contribution in [2.45, 2.75) is 19.8 Å². The van der Waals surface area contributed by atoms with Gasteiger partial charge in [0.25, 0.3) is 0 Å². The Morgan fingerprint density at radius 1 is 0.615 bits per heavy atom. The third-order valence-corrected chi connectivity index (χ3v) is 5.40. The van der Waals surface area contributed by atoms with Gasteiger partial charge in [0.05, 0.1) is 5.92 Å². The van der Waals surface area contributed by atoms with Crippen LogP contribution in [-0.4, -0.2) is 11.6 Å². The first-order valence-electron chi connectivity index (χ1n) is 8.88. The summed E-state index contributed by atoms with van der Waals surface area (Å²) < 4.78 is 0. The van der Waals surface area contributed by atoms with Gasteiger partial charge in [0.15, 0.2) is 11.6 Å². The molecule has 1 aliphatic carbocycles. The third kappa shape index (κ3) is 2.50. The molecule has 4 rings (SSSR count). The molecule has 0 radical (unpaired) electrons. The van der Waals surface area contributed by atoms with E-state index in [4.69, 9.17) is 0 Å². The minimum Gasteiger partial charge on any atom is -0.293 e. The van der Waals surface area contributed by atoms with Crippen LogP contribution >= 0.6 is 0 Å². The number of ketones is 2. The van der Waals surface area contributed by atoms with E-state index in [0.29, 0.717) is 11.1 Å². The summed E-state index contributed by atoms with van der Waals surface area (Å²) in [5.41, 5.74) is 5.38. The molecule has 0 spiro atoms. The molecule has 0 saturated carbocycles. The fraction of sp³-hybridized carbons (Fsp3) is 0.167. The first-order valence-corrected chi connectivity index (χ1v) is 8.88. The van der Waals surface area contributed by atoms with Gasteiger partial charge >= 0.3 is 0 Å². The molecule has 0 amide bonds. The van der Waals surface area contributed by atoms with E-state index in [1.165, 1.54) is 0 Å². The zero-order chi connectivity index (χ0) is 18.3. The number of hydrogen-bond donors (Lipinski definition) is 0. The van der Waals surface area contributed by atoms with Gasteiger partial charge in [0, 0.05) is 17.0 Å². The number of rotatable bonds is 3. The minimum atomic E-state index is -0.699. The molecule has 0 fully saturated rings. The van der Waals surface area contributed by atoms with Crippen molar-refractivity contribution in [2.75, 3.05) is 0 Å².